The number of halogens is 2. The predicted molar refractivity (Wildman–Crippen MR) is 86.6 cm³/mol. The standard InChI is InChI=1S/C18H26Si.2ClH.Ti/c1-11-9-17(15(5)13(11)3)19(7,8)18-10-12(2)14(4)16(18)6;;;/h17-18H,1-8H3;2*1H;/q-2;;;+4/p-2. The van der Waals surface area contributed by atoms with E-state index in [1.54, 1.807) is 11.1 Å². The van der Waals surface area contributed by atoms with E-state index in [-0.39, 0.29) is 46.5 Å². The van der Waals surface area contributed by atoms with Crippen LogP contribution in [0.25, 0.3) is 0 Å². The minimum Gasteiger partial charge on any atom is -1.00 e. The summed E-state index contributed by atoms with van der Waals surface area (Å²) in [5.41, 5.74) is 9.85. The largest absolute Gasteiger partial charge is 4.00 e. The van der Waals surface area contributed by atoms with E-state index in [1.165, 1.54) is 22.3 Å². The zero-order valence-electron chi connectivity index (χ0n) is 14.9. The van der Waals surface area contributed by atoms with Crippen LogP contribution in [0.2, 0.25) is 24.2 Å². The fourth-order valence-electron chi connectivity index (χ4n) is 3.55. The van der Waals surface area contributed by atoms with Crippen molar-refractivity contribution in [3.8, 4) is 0 Å². The smallest absolute Gasteiger partial charge is 1.00 e. The third kappa shape index (κ3) is 3.92. The molecule has 0 nitrogen and oxygen atoms in total. The summed E-state index contributed by atoms with van der Waals surface area (Å²) in [6, 6.07) is 0. The number of rotatable bonds is 2. The van der Waals surface area contributed by atoms with Gasteiger partial charge in [0.25, 0.3) is 0 Å². The number of hydrogen-bond donors (Lipinski definition) is 0. The molecule has 2 aliphatic carbocycles. The second-order valence-electron chi connectivity index (χ2n) is 6.84. The Kier molecular flexibility index (Phi) is 9.59. The zero-order valence-corrected chi connectivity index (χ0v) is 19.0. The van der Waals surface area contributed by atoms with Crippen LogP contribution >= 0.6 is 0 Å². The molecule has 2 atom stereocenters. The van der Waals surface area contributed by atoms with Gasteiger partial charge in [0.15, 0.2) is 0 Å². The Morgan fingerprint density at radius 1 is 0.682 bits per heavy atom. The van der Waals surface area contributed by atoms with E-state index < -0.39 is 8.07 Å². The van der Waals surface area contributed by atoms with E-state index in [1.807, 2.05) is 0 Å². The van der Waals surface area contributed by atoms with Crippen molar-refractivity contribution in [1.29, 1.82) is 0 Å². The summed E-state index contributed by atoms with van der Waals surface area (Å²) < 4.78 is 0. The monoisotopic (exact) mass is 388 g/mol. The Labute approximate surface area is 165 Å². The maximum atomic E-state index is 3.75. The topological polar surface area (TPSA) is 0 Å². The molecule has 22 heavy (non-hydrogen) atoms. The van der Waals surface area contributed by atoms with E-state index in [9.17, 15) is 0 Å². The SMILES string of the molecule is CC1=[C-]C([Si](C)(C)C2[C-]=C(C)C(C)=C2C)C(C)=C1C.[Cl-].[Cl-].[Ti+4]. The van der Waals surface area contributed by atoms with Crippen LogP contribution in [0.4, 0.5) is 0 Å². The van der Waals surface area contributed by atoms with Crippen LogP contribution < -0.4 is 24.8 Å². The van der Waals surface area contributed by atoms with Gasteiger partial charge < -0.3 is 24.8 Å². The second-order valence-corrected chi connectivity index (χ2v) is 11.6. The summed E-state index contributed by atoms with van der Waals surface area (Å²) in [4.78, 5) is 0. The predicted octanol–water partition coefficient (Wildman–Crippen LogP) is -0.360. The molecule has 0 N–H and O–H groups in total. The van der Waals surface area contributed by atoms with Gasteiger partial charge in [-0.2, -0.15) is 22.3 Å². The molecule has 120 valence electrons. The molecule has 2 rings (SSSR count). The van der Waals surface area contributed by atoms with E-state index in [4.69, 9.17) is 0 Å². The minimum atomic E-state index is -1.51. The van der Waals surface area contributed by atoms with Crippen molar-refractivity contribution in [3.63, 3.8) is 0 Å². The van der Waals surface area contributed by atoms with Crippen LogP contribution in [0.1, 0.15) is 41.5 Å². The average Bonchev–Trinajstić information content (AvgIpc) is 2.75. The Morgan fingerprint density at radius 3 is 1.14 bits per heavy atom. The fraction of sp³-hybridized carbons (Fsp3) is 0.556. The minimum absolute atomic E-state index is 0. The summed E-state index contributed by atoms with van der Waals surface area (Å²) in [5, 5.41) is 0. The van der Waals surface area contributed by atoms with Gasteiger partial charge in [-0.15, -0.1) is 13.8 Å². The molecule has 2 aliphatic rings. The van der Waals surface area contributed by atoms with E-state index in [0.29, 0.717) is 11.1 Å². The first-order chi connectivity index (χ1) is 8.67. The van der Waals surface area contributed by atoms with Gasteiger partial charge in [0, 0.05) is 8.07 Å². The Bertz CT molecular complexity index is 505. The molecule has 4 heteroatoms. The summed E-state index contributed by atoms with van der Waals surface area (Å²) in [6.45, 7) is 18.5. The van der Waals surface area contributed by atoms with Crippen molar-refractivity contribution in [2.45, 2.75) is 65.7 Å². The Morgan fingerprint density at radius 2 is 0.955 bits per heavy atom. The van der Waals surface area contributed by atoms with Crippen molar-refractivity contribution in [3.05, 3.63) is 45.6 Å². The van der Waals surface area contributed by atoms with Gasteiger partial charge in [0.2, 0.25) is 0 Å². The molecular formula is C18H26Cl2SiTi. The maximum Gasteiger partial charge on any atom is 4.00 e. The zero-order chi connectivity index (χ0) is 14.5. The first-order valence-electron chi connectivity index (χ1n) is 7.23. The summed E-state index contributed by atoms with van der Waals surface area (Å²) in [5.74, 6) is 0. The molecule has 0 aromatic carbocycles. The molecule has 0 spiro atoms. The summed E-state index contributed by atoms with van der Waals surface area (Å²) in [6.07, 6.45) is 7.51. The molecule has 0 bridgehead atoms. The van der Waals surface area contributed by atoms with Crippen molar-refractivity contribution in [1.82, 2.24) is 0 Å². The number of hydrogen-bond acceptors (Lipinski definition) is 0. The van der Waals surface area contributed by atoms with Crippen LogP contribution in [0.3, 0.4) is 0 Å². The van der Waals surface area contributed by atoms with Gasteiger partial charge in [-0.1, -0.05) is 51.9 Å². The summed E-state index contributed by atoms with van der Waals surface area (Å²) >= 11 is 0. The molecule has 0 fully saturated rings. The Hall–Kier alpha value is 0.471. The van der Waals surface area contributed by atoms with Crippen LogP contribution in [-0.4, -0.2) is 8.07 Å². The van der Waals surface area contributed by atoms with Crippen molar-refractivity contribution < 1.29 is 46.5 Å². The molecule has 0 aromatic heterocycles. The second kappa shape index (κ2) is 8.53. The van der Waals surface area contributed by atoms with Crippen LogP contribution in [-0.2, 0) is 21.7 Å². The number of allylic oxidation sites excluding steroid dienone is 8. The van der Waals surface area contributed by atoms with Gasteiger partial charge in [0.05, 0.1) is 0 Å². The van der Waals surface area contributed by atoms with Gasteiger partial charge in [0.1, 0.15) is 0 Å². The molecule has 0 aliphatic heterocycles. The first kappa shape index (κ1) is 24.7. The van der Waals surface area contributed by atoms with Crippen molar-refractivity contribution in [2.75, 3.05) is 0 Å². The average molecular weight is 389 g/mol. The first-order valence-corrected chi connectivity index (χ1v) is 10.4. The maximum absolute atomic E-state index is 3.75. The van der Waals surface area contributed by atoms with Crippen LogP contribution in [0.15, 0.2) is 33.4 Å². The molecule has 0 heterocycles. The summed E-state index contributed by atoms with van der Waals surface area (Å²) in [7, 11) is -1.51. The fourth-order valence-corrected chi connectivity index (χ4v) is 7.72. The normalized spacial score (nSPS) is 24.4. The molecule has 0 radical (unpaired) electrons. The molecular weight excluding hydrogens is 363 g/mol. The van der Waals surface area contributed by atoms with E-state index >= 15 is 0 Å². The van der Waals surface area contributed by atoms with Gasteiger partial charge >= 0.3 is 21.7 Å². The van der Waals surface area contributed by atoms with Gasteiger partial charge in [-0.25, -0.2) is 11.1 Å². The third-order valence-corrected chi connectivity index (χ3v) is 9.51. The van der Waals surface area contributed by atoms with E-state index in [2.05, 4.69) is 66.8 Å². The molecule has 0 amide bonds. The van der Waals surface area contributed by atoms with Gasteiger partial charge in [-0.05, 0) is 0 Å². The van der Waals surface area contributed by atoms with Gasteiger partial charge in [-0.3, -0.25) is 12.2 Å². The molecule has 2 unspecified atom stereocenters. The molecule has 0 aromatic rings. The molecule has 0 saturated carbocycles. The van der Waals surface area contributed by atoms with Crippen molar-refractivity contribution >= 4 is 8.07 Å². The van der Waals surface area contributed by atoms with Crippen molar-refractivity contribution in [2.24, 2.45) is 0 Å². The third-order valence-electron chi connectivity index (χ3n) is 5.38. The molecule has 0 saturated heterocycles. The van der Waals surface area contributed by atoms with Crippen LogP contribution in [0, 0.1) is 12.2 Å². The Balaban J connectivity index is 0. The van der Waals surface area contributed by atoms with Crippen LogP contribution in [0.5, 0.6) is 0 Å². The quantitative estimate of drug-likeness (QED) is 0.447. The van der Waals surface area contributed by atoms with E-state index in [0.717, 1.165) is 0 Å².